The van der Waals surface area contributed by atoms with Gasteiger partial charge in [0, 0.05) is 13.2 Å². The molecule has 10 heteroatoms. The molecule has 0 spiro atoms. The molecule has 0 aliphatic rings. The third-order valence-electron chi connectivity index (χ3n) is 7.92. The zero-order chi connectivity index (χ0) is 35.2. The first-order valence-corrected chi connectivity index (χ1v) is 20.5. The molecule has 0 aromatic rings. The van der Waals surface area contributed by atoms with Crippen LogP contribution in [0.1, 0.15) is 122 Å². The predicted octanol–water partition coefficient (Wildman–Crippen LogP) is 8.01. The van der Waals surface area contributed by atoms with Crippen molar-refractivity contribution in [2.24, 2.45) is 0 Å². The Kier molecular flexibility index (Phi) is 47.5. The molecular formula is C39H78O9S. The number of allylic oxidation sites excluding steroid dienone is 1. The van der Waals surface area contributed by atoms with Crippen LogP contribution < -0.4 is 0 Å². The van der Waals surface area contributed by atoms with Crippen molar-refractivity contribution in [2.75, 3.05) is 118 Å². The highest BCUT2D eigenvalue weighted by molar-refractivity contribution is 7.80. The molecule has 0 rings (SSSR count). The first kappa shape index (κ1) is 48.7. The van der Waals surface area contributed by atoms with Crippen LogP contribution in [0.3, 0.4) is 0 Å². The summed E-state index contributed by atoms with van der Waals surface area (Å²) in [5.41, 5.74) is 0. The molecule has 0 amide bonds. The smallest absolute Gasteiger partial charge is 0.0701 e. The van der Waals surface area contributed by atoms with E-state index in [9.17, 15) is 0 Å². The van der Waals surface area contributed by atoms with E-state index < -0.39 is 0 Å². The number of aliphatic hydroxyl groups excluding tert-OH is 1. The SMILES string of the molecule is OCCOCCOCCOCCOCCCCCCCCCC/C=C/CCOCCOCCOCCOCCCCCCCCCCCS. The fourth-order valence-corrected chi connectivity index (χ4v) is 5.28. The van der Waals surface area contributed by atoms with Gasteiger partial charge in [-0.15, -0.1) is 0 Å². The Morgan fingerprint density at radius 3 is 0.959 bits per heavy atom. The van der Waals surface area contributed by atoms with Crippen LogP contribution >= 0.6 is 12.6 Å². The molecule has 0 aromatic carbocycles. The van der Waals surface area contributed by atoms with E-state index in [1.54, 1.807) is 0 Å². The molecule has 0 radical (unpaired) electrons. The summed E-state index contributed by atoms with van der Waals surface area (Å²) in [6.45, 7) is 9.99. The Labute approximate surface area is 307 Å². The van der Waals surface area contributed by atoms with Gasteiger partial charge in [-0.2, -0.15) is 12.6 Å². The highest BCUT2D eigenvalue weighted by Crippen LogP contribution is 2.11. The summed E-state index contributed by atoms with van der Waals surface area (Å²) in [4.78, 5) is 0. The van der Waals surface area contributed by atoms with Crippen LogP contribution in [0.25, 0.3) is 0 Å². The maximum absolute atomic E-state index is 8.60. The monoisotopic (exact) mass is 723 g/mol. The lowest BCUT2D eigenvalue weighted by Crippen LogP contribution is -2.12. The second-order valence-electron chi connectivity index (χ2n) is 12.4. The van der Waals surface area contributed by atoms with Gasteiger partial charge in [-0.1, -0.05) is 95.6 Å². The maximum Gasteiger partial charge on any atom is 0.0701 e. The minimum atomic E-state index is 0.0477. The van der Waals surface area contributed by atoms with Gasteiger partial charge in [0.05, 0.1) is 99.1 Å². The van der Waals surface area contributed by atoms with Crippen LogP contribution in [0, 0.1) is 0 Å². The lowest BCUT2D eigenvalue weighted by molar-refractivity contribution is -0.00577. The van der Waals surface area contributed by atoms with Crippen molar-refractivity contribution in [1.29, 1.82) is 0 Å². The van der Waals surface area contributed by atoms with Crippen LogP contribution in [-0.4, -0.2) is 123 Å². The zero-order valence-electron chi connectivity index (χ0n) is 31.5. The fourth-order valence-electron chi connectivity index (χ4n) is 5.06. The van der Waals surface area contributed by atoms with Crippen LogP contribution in [0.5, 0.6) is 0 Å². The van der Waals surface area contributed by atoms with Crippen molar-refractivity contribution in [3.63, 3.8) is 0 Å². The molecule has 1 N–H and O–H groups in total. The standard InChI is InChI=1S/C39H78O9S/c40-22-26-44-30-34-48-38-37-47-33-29-42-24-19-15-11-7-4-2-1-3-6-10-14-18-23-41-27-31-45-35-36-46-32-28-43-25-20-16-12-8-5-9-13-17-21-39-49/h10,14,40,49H,1-9,11-13,15-39H2/b14-10+. The van der Waals surface area contributed by atoms with Gasteiger partial charge in [-0.3, -0.25) is 0 Å². The van der Waals surface area contributed by atoms with Crippen molar-refractivity contribution >= 4 is 12.6 Å². The summed E-state index contributed by atoms with van der Waals surface area (Å²) >= 11 is 4.26. The van der Waals surface area contributed by atoms with E-state index in [0.29, 0.717) is 85.9 Å². The molecule has 0 aromatic heterocycles. The first-order chi connectivity index (χ1) is 24.4. The number of rotatable bonds is 45. The van der Waals surface area contributed by atoms with E-state index >= 15 is 0 Å². The quantitative estimate of drug-likeness (QED) is 0.0368. The van der Waals surface area contributed by atoms with E-state index in [-0.39, 0.29) is 6.61 Å². The van der Waals surface area contributed by atoms with Gasteiger partial charge in [-0.25, -0.2) is 0 Å². The van der Waals surface area contributed by atoms with E-state index in [1.165, 1.54) is 103 Å². The first-order valence-electron chi connectivity index (χ1n) is 19.9. The minimum absolute atomic E-state index is 0.0477. The Morgan fingerprint density at radius 2 is 0.571 bits per heavy atom. The van der Waals surface area contributed by atoms with E-state index in [2.05, 4.69) is 24.8 Å². The lowest BCUT2D eigenvalue weighted by Gasteiger charge is -2.07. The largest absolute Gasteiger partial charge is 0.394 e. The summed E-state index contributed by atoms with van der Waals surface area (Å²) in [7, 11) is 0. The summed E-state index contributed by atoms with van der Waals surface area (Å²) in [6, 6.07) is 0. The van der Waals surface area contributed by atoms with Crippen molar-refractivity contribution in [3.8, 4) is 0 Å². The van der Waals surface area contributed by atoms with Crippen molar-refractivity contribution < 1.29 is 43.0 Å². The number of hydrogen-bond donors (Lipinski definition) is 2. The molecule has 0 bridgehead atoms. The number of hydrogen-bond acceptors (Lipinski definition) is 10. The summed E-state index contributed by atoms with van der Waals surface area (Å²) in [5.74, 6) is 1.03. The summed E-state index contributed by atoms with van der Waals surface area (Å²) in [5, 5.41) is 8.60. The topological polar surface area (TPSA) is 94.1 Å². The van der Waals surface area contributed by atoms with Crippen LogP contribution in [0.2, 0.25) is 0 Å². The molecule has 0 saturated heterocycles. The molecular weight excluding hydrogens is 644 g/mol. The Hall–Kier alpha value is -0.270. The van der Waals surface area contributed by atoms with Crippen LogP contribution in [0.15, 0.2) is 12.2 Å². The summed E-state index contributed by atoms with van der Waals surface area (Å²) < 4.78 is 44.1. The molecule has 0 fully saturated rings. The second-order valence-corrected chi connectivity index (χ2v) is 12.9. The van der Waals surface area contributed by atoms with Gasteiger partial charge in [0.1, 0.15) is 0 Å². The third-order valence-corrected chi connectivity index (χ3v) is 8.24. The average molecular weight is 723 g/mol. The number of unbranched alkanes of at least 4 members (excludes halogenated alkanes) is 16. The normalized spacial score (nSPS) is 11.8. The van der Waals surface area contributed by atoms with Crippen molar-refractivity contribution in [2.45, 2.75) is 122 Å². The van der Waals surface area contributed by atoms with Gasteiger partial charge < -0.3 is 43.0 Å². The number of thiol groups is 1. The molecule has 0 atom stereocenters. The molecule has 294 valence electrons. The van der Waals surface area contributed by atoms with Crippen molar-refractivity contribution in [3.05, 3.63) is 12.2 Å². The minimum Gasteiger partial charge on any atom is -0.394 e. The predicted molar refractivity (Wildman–Crippen MR) is 204 cm³/mol. The van der Waals surface area contributed by atoms with Gasteiger partial charge in [0.15, 0.2) is 0 Å². The van der Waals surface area contributed by atoms with Crippen LogP contribution in [0.4, 0.5) is 0 Å². The molecule has 0 aliphatic carbocycles. The van der Waals surface area contributed by atoms with Gasteiger partial charge in [0.25, 0.3) is 0 Å². The van der Waals surface area contributed by atoms with Crippen molar-refractivity contribution in [1.82, 2.24) is 0 Å². The van der Waals surface area contributed by atoms with E-state index in [1.807, 2.05) is 0 Å². The molecule has 0 unspecified atom stereocenters. The average Bonchev–Trinajstić information content (AvgIpc) is 3.11. The molecule has 0 saturated carbocycles. The molecule has 0 heterocycles. The van der Waals surface area contributed by atoms with Gasteiger partial charge >= 0.3 is 0 Å². The third kappa shape index (κ3) is 47.7. The Morgan fingerprint density at radius 1 is 0.286 bits per heavy atom. The molecule has 49 heavy (non-hydrogen) atoms. The highest BCUT2D eigenvalue weighted by Gasteiger charge is 1.97. The second kappa shape index (κ2) is 47.7. The Balaban J connectivity index is 3.09. The zero-order valence-corrected chi connectivity index (χ0v) is 32.4. The van der Waals surface area contributed by atoms with Gasteiger partial charge in [0.2, 0.25) is 0 Å². The maximum atomic E-state index is 8.60. The van der Waals surface area contributed by atoms with E-state index in [0.717, 1.165) is 44.8 Å². The fraction of sp³-hybridized carbons (Fsp3) is 0.949. The van der Waals surface area contributed by atoms with Crippen LogP contribution in [-0.2, 0) is 37.9 Å². The number of ether oxygens (including phenoxy) is 8. The summed E-state index contributed by atoms with van der Waals surface area (Å²) in [6.07, 6.45) is 28.8. The number of aliphatic hydroxyl groups is 1. The highest BCUT2D eigenvalue weighted by atomic mass is 32.1. The Bertz CT molecular complexity index is 601. The molecule has 0 aliphatic heterocycles. The molecule has 9 nitrogen and oxygen atoms in total. The van der Waals surface area contributed by atoms with E-state index in [4.69, 9.17) is 43.0 Å². The van der Waals surface area contributed by atoms with Gasteiger partial charge in [-0.05, 0) is 44.3 Å². The lowest BCUT2D eigenvalue weighted by atomic mass is 10.1.